The quantitative estimate of drug-likeness (QED) is 0.273. The highest BCUT2D eigenvalue weighted by Gasteiger charge is 2.25. The molecule has 39 heavy (non-hydrogen) atoms. The van der Waals surface area contributed by atoms with Gasteiger partial charge in [-0.25, -0.2) is 9.69 Å². The molecule has 0 bridgehead atoms. The fourth-order valence-corrected chi connectivity index (χ4v) is 6.10. The highest BCUT2D eigenvalue weighted by Crippen LogP contribution is 2.33. The molecule has 1 aliphatic rings. The monoisotopic (exact) mass is 592 g/mol. The van der Waals surface area contributed by atoms with Gasteiger partial charge in [-0.05, 0) is 81.0 Å². The molecule has 0 saturated carbocycles. The van der Waals surface area contributed by atoms with E-state index in [1.54, 1.807) is 47.1 Å². The summed E-state index contributed by atoms with van der Waals surface area (Å²) >= 11 is 12.7. The van der Waals surface area contributed by atoms with E-state index in [0.29, 0.717) is 44.9 Å². The van der Waals surface area contributed by atoms with Gasteiger partial charge in [0.25, 0.3) is 5.91 Å². The van der Waals surface area contributed by atoms with Gasteiger partial charge in [0, 0.05) is 29.2 Å². The number of amides is 1. The van der Waals surface area contributed by atoms with E-state index in [1.165, 1.54) is 0 Å². The SMILES string of the molecule is Cc1c(C(=O)NN2CCCCC2)nn(-c2ccc(Cl)cc2Cl)c1-c1ccc(OS(=O)(=O)CCCC(C)C)cc1. The van der Waals surface area contributed by atoms with Crippen LogP contribution < -0.4 is 9.61 Å². The Hall–Kier alpha value is -2.59. The minimum Gasteiger partial charge on any atom is -0.382 e. The number of nitrogens with one attached hydrogen (secondary N) is 1. The minimum absolute atomic E-state index is 0.0383. The molecule has 0 spiro atoms. The number of carbonyl (C=O) groups excluding carboxylic acids is 1. The van der Waals surface area contributed by atoms with Gasteiger partial charge < -0.3 is 4.18 Å². The molecule has 4 rings (SSSR count). The van der Waals surface area contributed by atoms with Gasteiger partial charge in [-0.1, -0.05) is 43.5 Å². The molecule has 1 aliphatic heterocycles. The maximum absolute atomic E-state index is 13.3. The molecular formula is C28H34Cl2N4O4S. The maximum Gasteiger partial charge on any atom is 0.309 e. The molecule has 11 heteroatoms. The number of carbonyl (C=O) groups is 1. The molecule has 0 unspecified atom stereocenters. The van der Waals surface area contributed by atoms with Crippen molar-refractivity contribution in [3.8, 4) is 22.7 Å². The highest BCUT2D eigenvalue weighted by atomic mass is 35.5. The van der Waals surface area contributed by atoms with Gasteiger partial charge in [0.1, 0.15) is 5.75 Å². The van der Waals surface area contributed by atoms with Crippen molar-refractivity contribution in [1.29, 1.82) is 0 Å². The van der Waals surface area contributed by atoms with Crippen LogP contribution in [0.2, 0.25) is 10.0 Å². The van der Waals surface area contributed by atoms with E-state index < -0.39 is 10.1 Å². The van der Waals surface area contributed by atoms with E-state index >= 15 is 0 Å². The Morgan fingerprint density at radius 3 is 2.41 bits per heavy atom. The van der Waals surface area contributed by atoms with Crippen molar-refractivity contribution >= 4 is 39.2 Å². The number of nitrogens with zero attached hydrogens (tertiary/aromatic N) is 3. The van der Waals surface area contributed by atoms with E-state index in [2.05, 4.69) is 24.4 Å². The molecule has 8 nitrogen and oxygen atoms in total. The Bertz CT molecular complexity index is 1420. The first-order valence-electron chi connectivity index (χ1n) is 13.2. The fourth-order valence-electron chi connectivity index (χ4n) is 4.61. The number of piperidine rings is 1. The summed E-state index contributed by atoms with van der Waals surface area (Å²) < 4.78 is 31.8. The predicted octanol–water partition coefficient (Wildman–Crippen LogP) is 6.43. The smallest absolute Gasteiger partial charge is 0.309 e. The predicted molar refractivity (Wildman–Crippen MR) is 155 cm³/mol. The number of hydrogen-bond donors (Lipinski definition) is 1. The van der Waals surface area contributed by atoms with Crippen LogP contribution in [0.3, 0.4) is 0 Å². The summed E-state index contributed by atoms with van der Waals surface area (Å²) in [6.07, 6.45) is 4.56. The van der Waals surface area contributed by atoms with Crippen molar-refractivity contribution in [3.63, 3.8) is 0 Å². The van der Waals surface area contributed by atoms with Crippen molar-refractivity contribution in [2.75, 3.05) is 18.8 Å². The second-order valence-electron chi connectivity index (χ2n) is 10.2. The van der Waals surface area contributed by atoms with Crippen LogP contribution in [0, 0.1) is 12.8 Å². The Morgan fingerprint density at radius 1 is 1.08 bits per heavy atom. The molecule has 0 atom stereocenters. The van der Waals surface area contributed by atoms with Crippen LogP contribution in [0.15, 0.2) is 42.5 Å². The van der Waals surface area contributed by atoms with Crippen LogP contribution in [-0.4, -0.2) is 48.0 Å². The average Bonchev–Trinajstić information content (AvgIpc) is 3.21. The van der Waals surface area contributed by atoms with Crippen molar-refractivity contribution in [2.45, 2.75) is 52.9 Å². The zero-order valence-corrected chi connectivity index (χ0v) is 24.7. The maximum atomic E-state index is 13.3. The lowest BCUT2D eigenvalue weighted by Crippen LogP contribution is -2.45. The zero-order chi connectivity index (χ0) is 28.2. The van der Waals surface area contributed by atoms with Crippen LogP contribution in [0.5, 0.6) is 5.75 Å². The molecule has 2 heterocycles. The molecule has 1 amide bonds. The van der Waals surface area contributed by atoms with E-state index in [-0.39, 0.29) is 23.1 Å². The van der Waals surface area contributed by atoms with Crippen molar-refractivity contribution in [1.82, 2.24) is 20.2 Å². The molecule has 1 N–H and O–H groups in total. The summed E-state index contributed by atoms with van der Waals surface area (Å²) in [5.41, 5.74) is 5.83. The number of hydrogen-bond acceptors (Lipinski definition) is 6. The van der Waals surface area contributed by atoms with E-state index in [1.807, 2.05) is 11.9 Å². The molecular weight excluding hydrogens is 559 g/mol. The Morgan fingerprint density at radius 2 is 1.77 bits per heavy atom. The van der Waals surface area contributed by atoms with Crippen LogP contribution in [0.4, 0.5) is 0 Å². The van der Waals surface area contributed by atoms with Gasteiger partial charge in [0.05, 0.1) is 22.2 Å². The van der Waals surface area contributed by atoms with Crippen LogP contribution in [-0.2, 0) is 10.1 Å². The standard InChI is InChI=1S/C28H34Cl2N4O4S/c1-19(2)8-7-17-39(36,37)38-23-12-9-21(10-13-23)27-20(3)26(28(35)32-33-15-5-4-6-16-33)31-34(27)25-14-11-22(29)18-24(25)30/h9-14,18-19H,4-8,15-17H2,1-3H3,(H,32,35). The average molecular weight is 594 g/mol. The molecule has 2 aromatic carbocycles. The van der Waals surface area contributed by atoms with E-state index in [9.17, 15) is 13.2 Å². The van der Waals surface area contributed by atoms with E-state index in [0.717, 1.165) is 38.8 Å². The molecule has 0 aliphatic carbocycles. The summed E-state index contributed by atoms with van der Waals surface area (Å²) in [5.74, 6) is 0.309. The van der Waals surface area contributed by atoms with Gasteiger partial charge in [0.2, 0.25) is 0 Å². The largest absolute Gasteiger partial charge is 0.382 e. The highest BCUT2D eigenvalue weighted by molar-refractivity contribution is 7.87. The summed E-state index contributed by atoms with van der Waals surface area (Å²) in [4.78, 5) is 13.3. The first kappa shape index (κ1) is 29.4. The van der Waals surface area contributed by atoms with Gasteiger partial charge in [-0.3, -0.25) is 10.2 Å². The van der Waals surface area contributed by atoms with Crippen LogP contribution in [0.25, 0.3) is 16.9 Å². The van der Waals surface area contributed by atoms with Gasteiger partial charge in [0.15, 0.2) is 5.69 Å². The summed E-state index contributed by atoms with van der Waals surface area (Å²) in [6, 6.07) is 11.8. The Balaban J connectivity index is 1.66. The molecule has 1 aromatic heterocycles. The second kappa shape index (κ2) is 12.7. The van der Waals surface area contributed by atoms with Gasteiger partial charge >= 0.3 is 10.1 Å². The Labute approximate surface area is 240 Å². The lowest BCUT2D eigenvalue weighted by molar-refractivity contribution is 0.0743. The number of hydrazine groups is 1. The third-order valence-corrected chi connectivity index (χ3v) is 8.39. The number of rotatable bonds is 10. The minimum atomic E-state index is -3.70. The normalized spacial score (nSPS) is 14.5. The lowest BCUT2D eigenvalue weighted by Gasteiger charge is -2.26. The summed E-state index contributed by atoms with van der Waals surface area (Å²) in [7, 11) is -3.70. The van der Waals surface area contributed by atoms with Gasteiger partial charge in [-0.2, -0.15) is 13.5 Å². The lowest BCUT2D eigenvalue weighted by atomic mass is 10.1. The third-order valence-electron chi connectivity index (χ3n) is 6.62. The third kappa shape index (κ3) is 7.54. The zero-order valence-electron chi connectivity index (χ0n) is 22.4. The topological polar surface area (TPSA) is 93.5 Å². The molecule has 210 valence electrons. The Kier molecular flexibility index (Phi) is 9.59. The number of aromatic nitrogens is 2. The molecule has 1 saturated heterocycles. The molecule has 3 aromatic rings. The molecule has 0 radical (unpaired) electrons. The summed E-state index contributed by atoms with van der Waals surface area (Å²) in [5, 5.41) is 7.45. The first-order chi connectivity index (χ1) is 18.5. The second-order valence-corrected chi connectivity index (χ2v) is 12.8. The van der Waals surface area contributed by atoms with Gasteiger partial charge in [-0.15, -0.1) is 0 Å². The number of halogens is 2. The number of benzene rings is 2. The summed E-state index contributed by atoms with van der Waals surface area (Å²) in [6.45, 7) is 7.53. The van der Waals surface area contributed by atoms with Crippen LogP contribution >= 0.6 is 23.2 Å². The van der Waals surface area contributed by atoms with Crippen molar-refractivity contribution in [2.24, 2.45) is 5.92 Å². The van der Waals surface area contributed by atoms with E-state index in [4.69, 9.17) is 27.4 Å². The van der Waals surface area contributed by atoms with Crippen LogP contribution in [0.1, 0.15) is 62.0 Å². The van der Waals surface area contributed by atoms with Crippen molar-refractivity contribution < 1.29 is 17.4 Å². The van der Waals surface area contributed by atoms with Crippen molar-refractivity contribution in [3.05, 3.63) is 63.8 Å². The molecule has 1 fully saturated rings. The first-order valence-corrected chi connectivity index (χ1v) is 15.5. The fraction of sp³-hybridized carbons (Fsp3) is 0.429.